The Kier molecular flexibility index (Phi) is 6.51. The fourth-order valence-corrected chi connectivity index (χ4v) is 3.64. The second kappa shape index (κ2) is 7.66. The summed E-state index contributed by atoms with van der Waals surface area (Å²) in [5.41, 5.74) is 0.831. The van der Waals surface area contributed by atoms with Crippen LogP contribution < -0.4 is 0 Å². The van der Waals surface area contributed by atoms with Gasteiger partial charge in [0, 0.05) is 6.54 Å². The lowest BCUT2D eigenvalue weighted by atomic mass is 10.0. The van der Waals surface area contributed by atoms with Crippen molar-refractivity contribution in [2.24, 2.45) is 0 Å². The molecule has 1 unspecified atom stereocenters. The van der Waals surface area contributed by atoms with Crippen molar-refractivity contribution in [3.8, 4) is 0 Å². The molecular weight excluding hydrogens is 288 g/mol. The summed E-state index contributed by atoms with van der Waals surface area (Å²) >= 11 is 0. The first-order valence-electron chi connectivity index (χ1n) is 6.28. The first-order valence-corrected chi connectivity index (χ1v) is 7.89. The summed E-state index contributed by atoms with van der Waals surface area (Å²) in [6.45, 7) is 0.0522. The second-order valence-electron chi connectivity index (χ2n) is 4.56. The lowest BCUT2D eigenvalue weighted by Crippen LogP contribution is -2.39. The number of halogens is 2. The van der Waals surface area contributed by atoms with E-state index in [0.717, 1.165) is 5.56 Å². The van der Waals surface area contributed by atoms with Crippen molar-refractivity contribution >= 4 is 10.0 Å². The van der Waals surface area contributed by atoms with E-state index in [2.05, 4.69) is 0 Å². The van der Waals surface area contributed by atoms with E-state index < -0.39 is 29.6 Å². The SMILES string of the molecule is CC(CS(=O)(=O)N(CCO)CC(F)F)c1ccccc1. The molecule has 0 spiro atoms. The number of alkyl halides is 2. The van der Waals surface area contributed by atoms with Gasteiger partial charge >= 0.3 is 0 Å². The third kappa shape index (κ3) is 5.15. The van der Waals surface area contributed by atoms with Crippen LogP contribution in [-0.2, 0) is 10.0 Å². The summed E-state index contributed by atoms with van der Waals surface area (Å²) < 4.78 is 49.7. The zero-order valence-corrected chi connectivity index (χ0v) is 12.1. The van der Waals surface area contributed by atoms with Gasteiger partial charge in [-0.1, -0.05) is 37.3 Å². The van der Waals surface area contributed by atoms with Crippen LogP contribution in [0, 0.1) is 0 Å². The van der Waals surface area contributed by atoms with E-state index >= 15 is 0 Å². The van der Waals surface area contributed by atoms with Gasteiger partial charge in [0.15, 0.2) is 0 Å². The van der Waals surface area contributed by atoms with Crippen molar-refractivity contribution < 1.29 is 22.3 Å². The van der Waals surface area contributed by atoms with Crippen LogP contribution in [0.5, 0.6) is 0 Å². The van der Waals surface area contributed by atoms with Gasteiger partial charge in [0.2, 0.25) is 10.0 Å². The Morgan fingerprint density at radius 3 is 2.35 bits per heavy atom. The number of rotatable bonds is 8. The smallest absolute Gasteiger partial charge is 0.252 e. The van der Waals surface area contributed by atoms with Crippen LogP contribution in [-0.4, -0.2) is 49.7 Å². The Morgan fingerprint density at radius 2 is 1.85 bits per heavy atom. The molecule has 0 aliphatic heterocycles. The Balaban J connectivity index is 2.81. The molecular formula is C13H19F2NO3S. The molecule has 0 saturated carbocycles. The molecule has 0 fully saturated rings. The number of hydrogen-bond acceptors (Lipinski definition) is 3. The third-order valence-electron chi connectivity index (χ3n) is 2.91. The fourth-order valence-electron chi connectivity index (χ4n) is 1.91. The highest BCUT2D eigenvalue weighted by Crippen LogP contribution is 2.19. The van der Waals surface area contributed by atoms with Gasteiger partial charge in [0.25, 0.3) is 6.43 Å². The third-order valence-corrected chi connectivity index (χ3v) is 4.95. The van der Waals surface area contributed by atoms with Gasteiger partial charge in [0.1, 0.15) is 0 Å². The van der Waals surface area contributed by atoms with E-state index in [1.54, 1.807) is 31.2 Å². The molecule has 20 heavy (non-hydrogen) atoms. The Morgan fingerprint density at radius 1 is 1.25 bits per heavy atom. The summed E-state index contributed by atoms with van der Waals surface area (Å²) in [4.78, 5) is 0. The van der Waals surface area contributed by atoms with Gasteiger partial charge in [-0.2, -0.15) is 4.31 Å². The Labute approximate surface area is 118 Å². The number of benzene rings is 1. The summed E-state index contributed by atoms with van der Waals surface area (Å²) in [6, 6.07) is 9.00. The maximum absolute atomic E-state index is 12.4. The highest BCUT2D eigenvalue weighted by molar-refractivity contribution is 7.89. The predicted octanol–water partition coefficient (Wildman–Crippen LogP) is 1.68. The average molecular weight is 307 g/mol. The van der Waals surface area contributed by atoms with Crippen LogP contribution in [0.1, 0.15) is 18.4 Å². The van der Waals surface area contributed by atoms with Crippen LogP contribution in [0.4, 0.5) is 8.78 Å². The minimum Gasteiger partial charge on any atom is -0.395 e. The van der Waals surface area contributed by atoms with Crippen molar-refractivity contribution in [3.05, 3.63) is 35.9 Å². The van der Waals surface area contributed by atoms with Crippen LogP contribution in [0.3, 0.4) is 0 Å². The fraction of sp³-hybridized carbons (Fsp3) is 0.538. The van der Waals surface area contributed by atoms with Crippen LogP contribution >= 0.6 is 0 Å². The minimum absolute atomic E-state index is 0.260. The molecule has 0 bridgehead atoms. The van der Waals surface area contributed by atoms with Crippen molar-refractivity contribution in [1.29, 1.82) is 0 Å². The molecule has 0 aliphatic carbocycles. The molecule has 0 amide bonds. The highest BCUT2D eigenvalue weighted by Gasteiger charge is 2.27. The lowest BCUT2D eigenvalue weighted by Gasteiger charge is -2.23. The second-order valence-corrected chi connectivity index (χ2v) is 6.58. The monoisotopic (exact) mass is 307 g/mol. The van der Waals surface area contributed by atoms with Crippen LogP contribution in [0.15, 0.2) is 30.3 Å². The van der Waals surface area contributed by atoms with E-state index in [1.807, 2.05) is 6.07 Å². The molecule has 4 nitrogen and oxygen atoms in total. The predicted molar refractivity (Wildman–Crippen MR) is 73.3 cm³/mol. The first-order chi connectivity index (χ1) is 9.36. The minimum atomic E-state index is -3.83. The molecule has 1 atom stereocenters. The molecule has 1 aromatic rings. The maximum Gasteiger partial charge on any atom is 0.252 e. The zero-order chi connectivity index (χ0) is 15.2. The normalized spacial score (nSPS) is 13.9. The van der Waals surface area contributed by atoms with Crippen molar-refractivity contribution in [2.75, 3.05) is 25.4 Å². The molecule has 0 saturated heterocycles. The first kappa shape index (κ1) is 17.0. The summed E-state index contributed by atoms with van der Waals surface area (Å²) in [5, 5.41) is 8.81. The van der Waals surface area contributed by atoms with E-state index in [9.17, 15) is 17.2 Å². The van der Waals surface area contributed by atoms with Crippen LogP contribution in [0.2, 0.25) is 0 Å². The molecule has 114 valence electrons. The van der Waals surface area contributed by atoms with E-state index in [4.69, 9.17) is 5.11 Å². The van der Waals surface area contributed by atoms with Gasteiger partial charge < -0.3 is 5.11 Å². The largest absolute Gasteiger partial charge is 0.395 e. The summed E-state index contributed by atoms with van der Waals surface area (Å²) in [6.07, 6.45) is -2.76. The molecule has 1 N–H and O–H groups in total. The maximum atomic E-state index is 12.4. The van der Waals surface area contributed by atoms with Gasteiger partial charge in [0.05, 0.1) is 18.9 Å². The number of aliphatic hydroxyl groups is 1. The summed E-state index contributed by atoms with van der Waals surface area (Å²) in [7, 11) is -3.83. The quantitative estimate of drug-likeness (QED) is 0.795. The van der Waals surface area contributed by atoms with E-state index in [-0.39, 0.29) is 18.2 Å². The molecule has 0 aliphatic rings. The van der Waals surface area contributed by atoms with Crippen LogP contribution in [0.25, 0.3) is 0 Å². The highest BCUT2D eigenvalue weighted by atomic mass is 32.2. The number of nitrogens with zero attached hydrogens (tertiary/aromatic N) is 1. The van der Waals surface area contributed by atoms with Crippen molar-refractivity contribution in [2.45, 2.75) is 19.3 Å². The zero-order valence-electron chi connectivity index (χ0n) is 11.2. The van der Waals surface area contributed by atoms with Crippen molar-refractivity contribution in [1.82, 2.24) is 4.31 Å². The molecule has 1 rings (SSSR count). The number of aliphatic hydroxyl groups excluding tert-OH is 1. The van der Waals surface area contributed by atoms with Gasteiger partial charge in [-0.3, -0.25) is 0 Å². The van der Waals surface area contributed by atoms with Gasteiger partial charge in [-0.15, -0.1) is 0 Å². The Hall–Kier alpha value is -1.05. The lowest BCUT2D eigenvalue weighted by molar-refractivity contribution is 0.113. The van der Waals surface area contributed by atoms with E-state index in [0.29, 0.717) is 4.31 Å². The number of sulfonamides is 1. The number of hydrogen-bond donors (Lipinski definition) is 1. The van der Waals surface area contributed by atoms with Gasteiger partial charge in [-0.25, -0.2) is 17.2 Å². The average Bonchev–Trinajstić information content (AvgIpc) is 2.38. The molecule has 0 heterocycles. The van der Waals surface area contributed by atoms with Crippen molar-refractivity contribution in [3.63, 3.8) is 0 Å². The molecule has 7 heteroatoms. The Bertz CT molecular complexity index is 494. The molecule has 1 aromatic carbocycles. The topological polar surface area (TPSA) is 57.6 Å². The van der Waals surface area contributed by atoms with Gasteiger partial charge in [-0.05, 0) is 11.5 Å². The molecule has 0 radical (unpaired) electrons. The standard InChI is InChI=1S/C13H19F2NO3S/c1-11(12-5-3-2-4-6-12)10-20(18,19)16(7-8-17)9-13(14)15/h2-6,11,13,17H,7-10H2,1H3. The molecule has 0 aromatic heterocycles. The van der Waals surface area contributed by atoms with E-state index in [1.165, 1.54) is 0 Å². The summed E-state index contributed by atoms with van der Waals surface area (Å²) in [5.74, 6) is -0.566.